The van der Waals surface area contributed by atoms with Gasteiger partial charge in [-0.05, 0) is 30.9 Å². The first-order valence-electron chi connectivity index (χ1n) is 9.26. The van der Waals surface area contributed by atoms with Gasteiger partial charge in [0.1, 0.15) is 5.75 Å². The maximum atomic E-state index is 12.7. The van der Waals surface area contributed by atoms with E-state index in [1.54, 1.807) is 6.92 Å². The number of anilines is 1. The van der Waals surface area contributed by atoms with E-state index in [1.165, 1.54) is 25.3 Å². The Bertz CT molecular complexity index is 809. The predicted octanol–water partition coefficient (Wildman–Crippen LogP) is 4.31. The number of carbonyl (C=O) groups excluding carboxylic acids is 1. The molecular weight excluding hydrogens is 358 g/mol. The van der Waals surface area contributed by atoms with Crippen LogP contribution in [0, 0.1) is 16.0 Å². The smallest absolute Gasteiger partial charge is 0.273 e. The minimum atomic E-state index is -0.505. The summed E-state index contributed by atoms with van der Waals surface area (Å²) >= 11 is 0. The SMILES string of the molecule is COc1cc([N+](=O)[O-])ccc1NC(=O)[C@@H](C)N[C@@H](CC(C)C)c1ccccc1. The molecule has 0 fully saturated rings. The molecule has 0 saturated carbocycles. The van der Waals surface area contributed by atoms with Crippen LogP contribution in [0.3, 0.4) is 0 Å². The van der Waals surface area contributed by atoms with Gasteiger partial charge in [0, 0.05) is 12.1 Å². The zero-order chi connectivity index (χ0) is 20.7. The standard InChI is InChI=1S/C21H27N3O4/c1-14(2)12-19(16-8-6-5-7-9-16)22-15(3)21(25)23-18-11-10-17(24(26)27)13-20(18)28-4/h5-11,13-15,19,22H,12H2,1-4H3,(H,23,25)/t15-,19+/m1/s1. The van der Waals surface area contributed by atoms with Gasteiger partial charge in [0.15, 0.2) is 0 Å². The quantitative estimate of drug-likeness (QED) is 0.496. The lowest BCUT2D eigenvalue weighted by Gasteiger charge is -2.25. The number of non-ortho nitro benzene ring substituents is 1. The van der Waals surface area contributed by atoms with E-state index in [1.807, 2.05) is 30.3 Å². The Labute approximate surface area is 165 Å². The van der Waals surface area contributed by atoms with Gasteiger partial charge < -0.3 is 10.1 Å². The fourth-order valence-corrected chi connectivity index (χ4v) is 2.97. The molecule has 0 spiro atoms. The fourth-order valence-electron chi connectivity index (χ4n) is 2.97. The molecule has 0 aliphatic carbocycles. The van der Waals surface area contributed by atoms with Crippen LogP contribution < -0.4 is 15.4 Å². The molecule has 2 rings (SSSR count). The maximum Gasteiger partial charge on any atom is 0.273 e. The zero-order valence-electron chi connectivity index (χ0n) is 16.6. The van der Waals surface area contributed by atoms with Crippen molar-refractivity contribution < 1.29 is 14.5 Å². The molecule has 0 bridgehead atoms. The van der Waals surface area contributed by atoms with Crippen molar-refractivity contribution in [3.63, 3.8) is 0 Å². The fraction of sp³-hybridized carbons (Fsp3) is 0.381. The van der Waals surface area contributed by atoms with Crippen molar-refractivity contribution >= 4 is 17.3 Å². The van der Waals surface area contributed by atoms with Crippen LogP contribution in [-0.2, 0) is 4.79 Å². The van der Waals surface area contributed by atoms with Crippen LogP contribution in [0.25, 0.3) is 0 Å². The average molecular weight is 385 g/mol. The van der Waals surface area contributed by atoms with Gasteiger partial charge >= 0.3 is 0 Å². The number of nitro benzene ring substituents is 1. The number of rotatable bonds is 9. The molecule has 0 saturated heterocycles. The monoisotopic (exact) mass is 385 g/mol. The number of carbonyl (C=O) groups is 1. The highest BCUT2D eigenvalue weighted by molar-refractivity contribution is 5.96. The molecular formula is C21H27N3O4. The van der Waals surface area contributed by atoms with Gasteiger partial charge in [-0.3, -0.25) is 20.2 Å². The largest absolute Gasteiger partial charge is 0.494 e. The van der Waals surface area contributed by atoms with E-state index in [2.05, 4.69) is 24.5 Å². The number of nitro groups is 1. The average Bonchev–Trinajstić information content (AvgIpc) is 2.67. The van der Waals surface area contributed by atoms with Gasteiger partial charge in [-0.1, -0.05) is 44.2 Å². The third-order valence-electron chi connectivity index (χ3n) is 4.41. The van der Waals surface area contributed by atoms with Gasteiger partial charge in [0.2, 0.25) is 5.91 Å². The molecule has 2 N–H and O–H groups in total. The first-order valence-corrected chi connectivity index (χ1v) is 9.26. The summed E-state index contributed by atoms with van der Waals surface area (Å²) < 4.78 is 5.18. The predicted molar refractivity (Wildman–Crippen MR) is 110 cm³/mol. The van der Waals surface area contributed by atoms with Crippen molar-refractivity contribution in [1.82, 2.24) is 5.32 Å². The molecule has 0 radical (unpaired) electrons. The lowest BCUT2D eigenvalue weighted by atomic mass is 9.96. The van der Waals surface area contributed by atoms with Crippen LogP contribution in [0.2, 0.25) is 0 Å². The number of methoxy groups -OCH3 is 1. The molecule has 150 valence electrons. The van der Waals surface area contributed by atoms with E-state index in [0.29, 0.717) is 11.6 Å². The van der Waals surface area contributed by atoms with Gasteiger partial charge in [-0.2, -0.15) is 0 Å². The lowest BCUT2D eigenvalue weighted by molar-refractivity contribution is -0.384. The third kappa shape index (κ3) is 5.79. The number of hydrogen-bond donors (Lipinski definition) is 2. The number of nitrogens with one attached hydrogen (secondary N) is 2. The number of benzene rings is 2. The van der Waals surface area contributed by atoms with Crippen molar-refractivity contribution in [2.45, 2.75) is 39.3 Å². The Kier molecular flexibility index (Phi) is 7.52. The van der Waals surface area contributed by atoms with E-state index in [0.717, 1.165) is 12.0 Å². The molecule has 0 aliphatic heterocycles. The molecule has 0 heterocycles. The number of ether oxygens (including phenoxy) is 1. The number of amides is 1. The van der Waals surface area contributed by atoms with Crippen LogP contribution in [0.5, 0.6) is 5.75 Å². The highest BCUT2D eigenvalue weighted by Gasteiger charge is 2.21. The summed E-state index contributed by atoms with van der Waals surface area (Å²) in [6.45, 7) is 6.08. The molecule has 0 unspecified atom stereocenters. The summed E-state index contributed by atoms with van der Waals surface area (Å²) in [6.07, 6.45) is 0.891. The molecule has 28 heavy (non-hydrogen) atoms. The van der Waals surface area contributed by atoms with E-state index in [-0.39, 0.29) is 23.4 Å². The molecule has 0 aliphatic rings. The highest BCUT2D eigenvalue weighted by atomic mass is 16.6. The lowest BCUT2D eigenvalue weighted by Crippen LogP contribution is -2.40. The highest BCUT2D eigenvalue weighted by Crippen LogP contribution is 2.29. The molecule has 2 aromatic rings. The Hall–Kier alpha value is -2.93. The number of nitrogens with zero attached hydrogens (tertiary/aromatic N) is 1. The summed E-state index contributed by atoms with van der Waals surface area (Å²) in [5.41, 5.74) is 1.43. The Morgan fingerprint density at radius 3 is 2.39 bits per heavy atom. The third-order valence-corrected chi connectivity index (χ3v) is 4.41. The summed E-state index contributed by atoms with van der Waals surface area (Å²) in [4.78, 5) is 23.1. The van der Waals surface area contributed by atoms with Crippen LogP contribution >= 0.6 is 0 Å². The van der Waals surface area contributed by atoms with E-state index >= 15 is 0 Å². The minimum absolute atomic E-state index is 0.0423. The first kappa shape index (κ1) is 21.4. The summed E-state index contributed by atoms with van der Waals surface area (Å²) in [5, 5.41) is 17.1. The minimum Gasteiger partial charge on any atom is -0.494 e. The van der Waals surface area contributed by atoms with Crippen LogP contribution in [-0.4, -0.2) is 24.0 Å². The molecule has 1 amide bonds. The molecule has 7 heteroatoms. The molecule has 2 aromatic carbocycles. The van der Waals surface area contributed by atoms with E-state index < -0.39 is 11.0 Å². The van der Waals surface area contributed by atoms with Crippen molar-refractivity contribution in [3.8, 4) is 5.75 Å². The zero-order valence-corrected chi connectivity index (χ0v) is 16.6. The van der Waals surface area contributed by atoms with E-state index in [9.17, 15) is 14.9 Å². The molecule has 0 aromatic heterocycles. The van der Waals surface area contributed by atoms with Crippen molar-refractivity contribution in [2.24, 2.45) is 5.92 Å². The van der Waals surface area contributed by atoms with Crippen LogP contribution in [0.15, 0.2) is 48.5 Å². The Balaban J connectivity index is 2.11. The van der Waals surface area contributed by atoms with Gasteiger partial charge in [-0.25, -0.2) is 0 Å². The number of hydrogen-bond acceptors (Lipinski definition) is 5. The summed E-state index contributed by atoms with van der Waals surface area (Å²) in [5.74, 6) is 0.469. The van der Waals surface area contributed by atoms with Gasteiger partial charge in [0.05, 0.1) is 29.8 Å². The normalized spacial score (nSPS) is 13.0. The summed E-state index contributed by atoms with van der Waals surface area (Å²) in [7, 11) is 1.41. The van der Waals surface area contributed by atoms with Crippen molar-refractivity contribution in [2.75, 3.05) is 12.4 Å². The second-order valence-corrected chi connectivity index (χ2v) is 7.11. The van der Waals surface area contributed by atoms with Gasteiger partial charge in [0.25, 0.3) is 5.69 Å². The van der Waals surface area contributed by atoms with Gasteiger partial charge in [-0.15, -0.1) is 0 Å². The van der Waals surface area contributed by atoms with Crippen LogP contribution in [0.1, 0.15) is 38.8 Å². The van der Waals surface area contributed by atoms with Crippen LogP contribution in [0.4, 0.5) is 11.4 Å². The van der Waals surface area contributed by atoms with Crippen molar-refractivity contribution in [1.29, 1.82) is 0 Å². The second-order valence-electron chi connectivity index (χ2n) is 7.11. The van der Waals surface area contributed by atoms with E-state index in [4.69, 9.17) is 4.74 Å². The molecule has 7 nitrogen and oxygen atoms in total. The summed E-state index contributed by atoms with van der Waals surface area (Å²) in [6, 6.07) is 13.7. The Morgan fingerprint density at radius 2 is 1.82 bits per heavy atom. The van der Waals surface area contributed by atoms with Crippen molar-refractivity contribution in [3.05, 3.63) is 64.2 Å². The first-order chi connectivity index (χ1) is 13.3. The molecule has 2 atom stereocenters. The maximum absolute atomic E-state index is 12.7. The Morgan fingerprint density at radius 1 is 1.14 bits per heavy atom. The second kappa shape index (κ2) is 9.85. The topological polar surface area (TPSA) is 93.5 Å².